The molecule has 0 atom stereocenters. The molecule has 0 heterocycles. The van der Waals surface area contributed by atoms with E-state index in [1.807, 2.05) is 0 Å². The molecular weight excluding hydrogens is 248 g/mol. The Morgan fingerprint density at radius 1 is 1.00 bits per heavy atom. The van der Waals surface area contributed by atoms with Crippen LogP contribution in [-0.4, -0.2) is 27.8 Å². The van der Waals surface area contributed by atoms with Gasteiger partial charge in [-0.2, -0.15) is 0 Å². The molecule has 0 rings (SSSR count). The van der Waals surface area contributed by atoms with Crippen LogP contribution in [0.1, 0.15) is 6.92 Å². The molecule has 0 aliphatic heterocycles. The van der Waals surface area contributed by atoms with Gasteiger partial charge in [-0.05, 0) is 0 Å². The minimum Gasteiger partial charge on any atom is -0.511 e. The minimum absolute atomic E-state index is 0.212. The summed E-state index contributed by atoms with van der Waals surface area (Å²) in [5, 5.41) is 0. The molecule has 84 valence electrons. The smallest absolute Gasteiger partial charge is 0.311 e. The first-order valence-corrected chi connectivity index (χ1v) is 16.7. The summed E-state index contributed by atoms with van der Waals surface area (Å²) >= 11 is 6.71. The van der Waals surface area contributed by atoms with E-state index < -0.39 is 21.8 Å². The summed E-state index contributed by atoms with van der Waals surface area (Å²) in [6.07, 6.45) is 0. The van der Waals surface area contributed by atoms with Crippen LogP contribution in [0.5, 0.6) is 0 Å². The molecule has 0 bridgehead atoms. The third-order valence-corrected chi connectivity index (χ3v) is 42.8. The fourth-order valence-corrected chi connectivity index (χ4v) is 34.9. The lowest BCUT2D eigenvalue weighted by Gasteiger charge is -2.42. The third kappa shape index (κ3) is 2.95. The van der Waals surface area contributed by atoms with Gasteiger partial charge >= 0.3 is 6.66 Å². The molecule has 0 aliphatic carbocycles. The second-order valence-corrected chi connectivity index (χ2v) is 34.3. The van der Waals surface area contributed by atoms with Crippen LogP contribution in [0.15, 0.2) is 0 Å². The molecule has 14 heavy (non-hydrogen) atoms. The first-order chi connectivity index (χ1) is 5.92. The van der Waals surface area contributed by atoms with E-state index in [9.17, 15) is 4.79 Å². The first-order valence-electron chi connectivity index (χ1n) is 4.80. The second-order valence-electron chi connectivity index (χ2n) is 5.69. The topological polar surface area (TPSA) is 26.3 Å². The van der Waals surface area contributed by atoms with Gasteiger partial charge in [-0.1, -0.05) is 39.3 Å². The Labute approximate surface area is 94.4 Å². The normalized spacial score (nSPS) is 14.0. The van der Waals surface area contributed by atoms with Gasteiger partial charge in [-0.3, -0.25) is 4.79 Å². The van der Waals surface area contributed by atoms with Crippen molar-refractivity contribution in [1.82, 2.24) is 0 Å². The summed E-state index contributed by atoms with van der Waals surface area (Å²) < 4.78 is 5.56. The van der Waals surface area contributed by atoms with Crippen LogP contribution in [0.25, 0.3) is 0 Å². The maximum Gasteiger partial charge on any atom is 0.311 e. The van der Waals surface area contributed by atoms with Crippen LogP contribution >= 0.6 is 11.1 Å². The van der Waals surface area contributed by atoms with Gasteiger partial charge in [-0.25, -0.2) is 0 Å². The highest BCUT2D eigenvalue weighted by Gasteiger charge is 2.58. The lowest BCUT2D eigenvalue weighted by molar-refractivity contribution is -0.132. The van der Waals surface area contributed by atoms with Crippen LogP contribution in [0.2, 0.25) is 39.3 Å². The number of hydrogen-bond acceptors (Lipinski definition) is 2. The summed E-state index contributed by atoms with van der Waals surface area (Å²) in [7, 11) is -3.17. The van der Waals surface area contributed by atoms with Gasteiger partial charge in [0.05, 0.1) is 0 Å². The van der Waals surface area contributed by atoms with E-state index in [1.165, 1.54) is 6.92 Å². The van der Waals surface area contributed by atoms with Gasteiger partial charge in [0.25, 0.3) is 5.97 Å². The van der Waals surface area contributed by atoms with Crippen LogP contribution in [0.4, 0.5) is 0 Å². The molecule has 6 heteroatoms. The van der Waals surface area contributed by atoms with Gasteiger partial charge in [0.1, 0.15) is 15.2 Å². The van der Waals surface area contributed by atoms with Gasteiger partial charge in [-0.15, -0.1) is 11.1 Å². The van der Waals surface area contributed by atoms with E-state index in [1.54, 1.807) is 0 Å². The van der Waals surface area contributed by atoms with Crippen molar-refractivity contribution in [2.75, 3.05) is 0 Å². The molecule has 0 spiro atoms. The monoisotopic (exact) mass is 268 g/mol. The maximum absolute atomic E-state index is 11.1. The standard InChI is InChI=1S/C8H21ClO2Si3/c1-8(10)11-14(9,12(2,3)4)13(5,6)7/h1-7H3. The molecule has 0 saturated carbocycles. The van der Waals surface area contributed by atoms with Crippen molar-refractivity contribution in [2.45, 2.75) is 46.2 Å². The molecule has 0 aromatic heterocycles. The zero-order valence-corrected chi connectivity index (χ0v) is 14.0. The summed E-state index contributed by atoms with van der Waals surface area (Å²) in [5.74, 6) is -0.212. The van der Waals surface area contributed by atoms with Gasteiger partial charge in [0.2, 0.25) is 0 Å². The highest BCUT2D eigenvalue weighted by atomic mass is 35.6. The zero-order valence-electron chi connectivity index (χ0n) is 10.2. The predicted molar refractivity (Wildman–Crippen MR) is 70.1 cm³/mol. The maximum atomic E-state index is 11.1. The van der Waals surface area contributed by atoms with Crippen molar-refractivity contribution in [3.05, 3.63) is 0 Å². The van der Waals surface area contributed by atoms with Crippen molar-refractivity contribution >= 4 is 38.9 Å². The molecule has 0 unspecified atom stereocenters. The zero-order chi connectivity index (χ0) is 11.8. The highest BCUT2D eigenvalue weighted by Crippen LogP contribution is 2.33. The Balaban J connectivity index is 5.18. The number of carbonyl (C=O) groups is 1. The largest absolute Gasteiger partial charge is 0.511 e. The lowest BCUT2D eigenvalue weighted by Crippen LogP contribution is -2.70. The van der Waals surface area contributed by atoms with Gasteiger partial charge < -0.3 is 4.43 Å². The molecule has 0 radical (unpaired) electrons. The number of rotatable bonds is 3. The summed E-state index contributed by atoms with van der Waals surface area (Å²) in [4.78, 5) is 11.1. The lowest BCUT2D eigenvalue weighted by atomic mass is 10.9. The van der Waals surface area contributed by atoms with Crippen LogP contribution in [-0.2, 0) is 9.22 Å². The minimum atomic E-state index is -2.32. The molecule has 0 aliphatic rings. The Morgan fingerprint density at radius 2 is 1.29 bits per heavy atom. The van der Waals surface area contributed by atoms with Gasteiger partial charge in [0, 0.05) is 6.92 Å². The fraction of sp³-hybridized carbons (Fsp3) is 0.875. The molecule has 0 amide bonds. The molecule has 0 fully saturated rings. The Hall–Kier alpha value is 0.411. The first kappa shape index (κ1) is 14.4. The molecule has 0 aromatic carbocycles. The third-order valence-electron chi connectivity index (χ3n) is 2.21. The van der Waals surface area contributed by atoms with E-state index >= 15 is 0 Å². The highest BCUT2D eigenvalue weighted by molar-refractivity contribution is 7.80. The molecule has 2 nitrogen and oxygen atoms in total. The van der Waals surface area contributed by atoms with Crippen molar-refractivity contribution < 1.29 is 9.22 Å². The van der Waals surface area contributed by atoms with E-state index in [-0.39, 0.29) is 5.97 Å². The number of hydrogen-bond donors (Lipinski definition) is 0. The fourth-order valence-electron chi connectivity index (χ4n) is 1.63. The van der Waals surface area contributed by atoms with E-state index in [0.717, 1.165) is 0 Å². The number of halogens is 1. The molecule has 0 N–H and O–H groups in total. The van der Waals surface area contributed by atoms with Crippen LogP contribution in [0, 0.1) is 0 Å². The van der Waals surface area contributed by atoms with E-state index in [4.69, 9.17) is 15.5 Å². The second kappa shape index (κ2) is 4.11. The number of carbonyl (C=O) groups excluding carboxylic acids is 1. The molecule has 0 aromatic rings. The predicted octanol–water partition coefficient (Wildman–Crippen LogP) is 3.06. The Kier molecular flexibility index (Phi) is 4.23. The quantitative estimate of drug-likeness (QED) is 0.581. The Morgan fingerprint density at radius 3 is 1.36 bits per heavy atom. The van der Waals surface area contributed by atoms with Crippen molar-refractivity contribution in [1.29, 1.82) is 0 Å². The summed E-state index contributed by atoms with van der Waals surface area (Å²) in [5.41, 5.74) is 0. The van der Waals surface area contributed by atoms with Crippen LogP contribution < -0.4 is 0 Å². The van der Waals surface area contributed by atoms with Crippen LogP contribution in [0.3, 0.4) is 0 Å². The average Bonchev–Trinajstić information content (AvgIpc) is 1.79. The molecule has 0 saturated heterocycles. The van der Waals surface area contributed by atoms with Gasteiger partial charge in [0.15, 0.2) is 0 Å². The SMILES string of the molecule is CC(=O)O[Si](Cl)([Si](C)(C)C)[Si](C)(C)C. The summed E-state index contributed by atoms with van der Waals surface area (Å²) in [6.45, 7) is 12.4. The average molecular weight is 269 g/mol. The van der Waals surface area contributed by atoms with Crippen molar-refractivity contribution in [3.63, 3.8) is 0 Å². The summed E-state index contributed by atoms with van der Waals surface area (Å²) in [6, 6.07) is 0. The van der Waals surface area contributed by atoms with E-state index in [0.29, 0.717) is 0 Å². The van der Waals surface area contributed by atoms with E-state index in [2.05, 4.69) is 39.3 Å². The Bertz CT molecular complexity index is 216. The van der Waals surface area contributed by atoms with Crippen molar-refractivity contribution in [3.8, 4) is 0 Å². The van der Waals surface area contributed by atoms with Crippen molar-refractivity contribution in [2.24, 2.45) is 0 Å². The molecular formula is C8H21ClO2Si3.